The maximum absolute atomic E-state index is 12.8. The molecule has 1 fully saturated rings. The van der Waals surface area contributed by atoms with Crippen molar-refractivity contribution in [2.24, 2.45) is 0 Å². The lowest BCUT2D eigenvalue weighted by Crippen LogP contribution is -2.44. The van der Waals surface area contributed by atoms with Crippen molar-refractivity contribution in [3.05, 3.63) is 41.0 Å². The van der Waals surface area contributed by atoms with Gasteiger partial charge in [0.25, 0.3) is 5.91 Å². The molecule has 4 nitrogen and oxygen atoms in total. The zero-order valence-corrected chi connectivity index (χ0v) is 13.1. The number of hydrogen-bond donors (Lipinski definition) is 1. The Morgan fingerprint density at radius 3 is 2.95 bits per heavy atom. The summed E-state index contributed by atoms with van der Waals surface area (Å²) < 4.78 is 0. The molecule has 1 aromatic carbocycles. The summed E-state index contributed by atoms with van der Waals surface area (Å²) in [6.07, 6.45) is 3.69. The highest BCUT2D eigenvalue weighted by molar-refractivity contribution is 6.31. The van der Waals surface area contributed by atoms with Crippen LogP contribution in [0, 0.1) is 0 Å². The third-order valence-corrected chi connectivity index (χ3v) is 4.46. The molecule has 3 rings (SSSR count). The second-order valence-corrected chi connectivity index (χ2v) is 6.13. The van der Waals surface area contributed by atoms with E-state index in [0.717, 1.165) is 36.7 Å². The summed E-state index contributed by atoms with van der Waals surface area (Å²) in [5, 5.41) is 10.8. The fraction of sp³-hybridized carbons (Fsp3) is 0.412. The predicted molar refractivity (Wildman–Crippen MR) is 87.1 cm³/mol. The molecule has 1 aliphatic heterocycles. The number of aliphatic hydroxyl groups is 1. The molecule has 1 saturated heterocycles. The molecule has 1 amide bonds. The van der Waals surface area contributed by atoms with Gasteiger partial charge in [-0.15, -0.1) is 0 Å². The van der Waals surface area contributed by atoms with E-state index in [1.165, 1.54) is 0 Å². The van der Waals surface area contributed by atoms with Crippen LogP contribution in [0.25, 0.3) is 10.9 Å². The normalized spacial score (nSPS) is 18.6. The second-order valence-electron chi connectivity index (χ2n) is 5.69. The summed E-state index contributed by atoms with van der Waals surface area (Å²) in [7, 11) is 0. The van der Waals surface area contributed by atoms with Crippen molar-refractivity contribution >= 4 is 28.4 Å². The first-order valence-electron chi connectivity index (χ1n) is 7.67. The summed E-state index contributed by atoms with van der Waals surface area (Å²) in [6, 6.07) is 9.27. The van der Waals surface area contributed by atoms with Crippen LogP contribution in [-0.2, 0) is 0 Å². The molecule has 1 aliphatic rings. The first-order chi connectivity index (χ1) is 10.7. The quantitative estimate of drug-likeness (QED) is 0.945. The second kappa shape index (κ2) is 6.63. The minimum atomic E-state index is -0.0555. The van der Waals surface area contributed by atoms with Crippen LogP contribution in [0.1, 0.15) is 36.2 Å². The number of hydrogen-bond acceptors (Lipinski definition) is 3. The Hall–Kier alpha value is -1.65. The Labute approximate surface area is 134 Å². The molecule has 0 radical (unpaired) electrons. The van der Waals surface area contributed by atoms with Crippen LogP contribution in [0.4, 0.5) is 0 Å². The fourth-order valence-corrected chi connectivity index (χ4v) is 3.24. The van der Waals surface area contributed by atoms with Crippen LogP contribution in [0.2, 0.25) is 5.02 Å². The molecule has 1 N–H and O–H groups in total. The molecular weight excluding hydrogens is 300 g/mol. The van der Waals surface area contributed by atoms with Crippen molar-refractivity contribution in [1.29, 1.82) is 0 Å². The zero-order chi connectivity index (χ0) is 15.5. The van der Waals surface area contributed by atoms with E-state index in [9.17, 15) is 9.90 Å². The predicted octanol–water partition coefficient (Wildman–Crippen LogP) is 3.27. The van der Waals surface area contributed by atoms with Crippen LogP contribution in [-0.4, -0.2) is 40.1 Å². The van der Waals surface area contributed by atoms with Crippen LogP contribution >= 0.6 is 11.6 Å². The van der Waals surface area contributed by atoms with E-state index in [2.05, 4.69) is 4.98 Å². The van der Waals surface area contributed by atoms with E-state index in [0.29, 0.717) is 17.1 Å². The van der Waals surface area contributed by atoms with Gasteiger partial charge in [-0.05, 0) is 43.9 Å². The van der Waals surface area contributed by atoms with Gasteiger partial charge in [0.2, 0.25) is 0 Å². The minimum absolute atomic E-state index is 0.0555. The molecule has 0 saturated carbocycles. The number of aromatic nitrogens is 1. The van der Waals surface area contributed by atoms with Crippen molar-refractivity contribution in [2.45, 2.75) is 31.7 Å². The maximum atomic E-state index is 12.8. The first kappa shape index (κ1) is 15.3. The van der Waals surface area contributed by atoms with E-state index in [1.807, 2.05) is 23.1 Å². The number of nitrogens with zero attached hydrogens (tertiary/aromatic N) is 2. The largest absolute Gasteiger partial charge is 0.396 e. The number of benzene rings is 1. The molecular formula is C17H19ClN2O2. The molecule has 0 spiro atoms. The van der Waals surface area contributed by atoms with Gasteiger partial charge in [0.1, 0.15) is 5.69 Å². The third kappa shape index (κ3) is 3.08. The molecule has 1 atom stereocenters. The number of halogens is 1. The zero-order valence-electron chi connectivity index (χ0n) is 12.3. The van der Waals surface area contributed by atoms with E-state index in [-0.39, 0.29) is 18.6 Å². The average Bonchev–Trinajstić information content (AvgIpc) is 2.54. The number of amides is 1. The highest BCUT2D eigenvalue weighted by Gasteiger charge is 2.27. The highest BCUT2D eigenvalue weighted by Crippen LogP contribution is 2.23. The molecule has 2 heterocycles. The summed E-state index contributed by atoms with van der Waals surface area (Å²) >= 11 is 6.00. The fourth-order valence-electron chi connectivity index (χ4n) is 3.07. The minimum Gasteiger partial charge on any atom is -0.396 e. The summed E-state index contributed by atoms with van der Waals surface area (Å²) in [5.41, 5.74) is 1.17. The SMILES string of the molecule is O=C(c1ccc2ccc(Cl)cc2n1)N1CCCC[C@@H]1CCO. The average molecular weight is 319 g/mol. The number of carbonyl (C=O) groups excluding carboxylic acids is 1. The lowest BCUT2D eigenvalue weighted by Gasteiger charge is -2.35. The van der Waals surface area contributed by atoms with Crippen LogP contribution in [0.5, 0.6) is 0 Å². The standard InChI is InChI=1S/C17H19ClN2O2/c18-13-6-4-12-5-7-15(19-16(12)11-13)17(22)20-9-2-1-3-14(20)8-10-21/h4-7,11,14,21H,1-3,8-10H2/t14-/m1/s1. The van der Waals surface area contributed by atoms with Crippen LogP contribution < -0.4 is 0 Å². The van der Waals surface area contributed by atoms with E-state index < -0.39 is 0 Å². The van der Waals surface area contributed by atoms with Crippen molar-refractivity contribution in [1.82, 2.24) is 9.88 Å². The number of pyridine rings is 1. The van der Waals surface area contributed by atoms with Crippen molar-refractivity contribution in [2.75, 3.05) is 13.2 Å². The summed E-state index contributed by atoms with van der Waals surface area (Å²) in [4.78, 5) is 19.1. The molecule has 1 aromatic heterocycles. The maximum Gasteiger partial charge on any atom is 0.272 e. The smallest absolute Gasteiger partial charge is 0.272 e. The van der Waals surface area contributed by atoms with Crippen molar-refractivity contribution < 1.29 is 9.90 Å². The highest BCUT2D eigenvalue weighted by atomic mass is 35.5. The molecule has 5 heteroatoms. The number of rotatable bonds is 3. The Bertz CT molecular complexity index is 687. The number of fused-ring (bicyclic) bond motifs is 1. The molecule has 0 unspecified atom stereocenters. The Balaban J connectivity index is 1.90. The van der Waals surface area contributed by atoms with Gasteiger partial charge in [0.05, 0.1) is 5.52 Å². The van der Waals surface area contributed by atoms with E-state index in [1.54, 1.807) is 12.1 Å². The van der Waals surface area contributed by atoms with Gasteiger partial charge < -0.3 is 10.0 Å². The number of piperidine rings is 1. The molecule has 0 bridgehead atoms. The Kier molecular flexibility index (Phi) is 4.60. The number of aliphatic hydroxyl groups excluding tert-OH is 1. The lowest BCUT2D eigenvalue weighted by atomic mass is 9.99. The topological polar surface area (TPSA) is 53.4 Å². The van der Waals surface area contributed by atoms with Crippen molar-refractivity contribution in [3.63, 3.8) is 0 Å². The van der Waals surface area contributed by atoms with Gasteiger partial charge in [-0.3, -0.25) is 4.79 Å². The van der Waals surface area contributed by atoms with Gasteiger partial charge in [-0.25, -0.2) is 4.98 Å². The Morgan fingerprint density at radius 2 is 2.14 bits per heavy atom. The number of likely N-dealkylation sites (tertiary alicyclic amines) is 1. The molecule has 2 aromatic rings. The lowest BCUT2D eigenvalue weighted by molar-refractivity contribution is 0.0569. The van der Waals surface area contributed by atoms with Gasteiger partial charge in [0.15, 0.2) is 0 Å². The van der Waals surface area contributed by atoms with Gasteiger partial charge in [-0.2, -0.15) is 0 Å². The molecule has 22 heavy (non-hydrogen) atoms. The van der Waals surface area contributed by atoms with Gasteiger partial charge >= 0.3 is 0 Å². The van der Waals surface area contributed by atoms with Gasteiger partial charge in [-0.1, -0.05) is 23.7 Å². The van der Waals surface area contributed by atoms with Gasteiger partial charge in [0, 0.05) is 29.6 Å². The monoisotopic (exact) mass is 318 g/mol. The first-order valence-corrected chi connectivity index (χ1v) is 8.05. The third-order valence-electron chi connectivity index (χ3n) is 4.22. The number of carbonyl (C=O) groups is 1. The summed E-state index contributed by atoms with van der Waals surface area (Å²) in [6.45, 7) is 0.841. The Morgan fingerprint density at radius 1 is 1.32 bits per heavy atom. The molecule has 0 aliphatic carbocycles. The molecule has 116 valence electrons. The van der Waals surface area contributed by atoms with Crippen molar-refractivity contribution in [3.8, 4) is 0 Å². The van der Waals surface area contributed by atoms with E-state index in [4.69, 9.17) is 11.6 Å². The van der Waals surface area contributed by atoms with E-state index >= 15 is 0 Å². The summed E-state index contributed by atoms with van der Waals surface area (Å²) in [5.74, 6) is -0.0555. The van der Waals surface area contributed by atoms with Crippen LogP contribution in [0.15, 0.2) is 30.3 Å². The van der Waals surface area contributed by atoms with Crippen LogP contribution in [0.3, 0.4) is 0 Å².